The predicted octanol–water partition coefficient (Wildman–Crippen LogP) is 1.89. The normalized spacial score (nSPS) is 19.9. The van der Waals surface area contributed by atoms with Gasteiger partial charge < -0.3 is 9.80 Å². The van der Waals surface area contributed by atoms with E-state index in [0.717, 1.165) is 30.8 Å². The number of hydrogen-bond acceptors (Lipinski definition) is 2. The van der Waals surface area contributed by atoms with Crippen LogP contribution in [0.3, 0.4) is 0 Å². The number of allylic oxidation sites excluding steroid dienone is 2. The Balaban J connectivity index is 0.000000171. The molecule has 0 bridgehead atoms. The molecular weight excluding hydrogens is 216 g/mol. The topological polar surface area (TPSA) is 40.6 Å². The zero-order valence-electron chi connectivity index (χ0n) is 10.7. The quantitative estimate of drug-likeness (QED) is 0.697. The minimum absolute atomic E-state index is 0.190. The second kappa shape index (κ2) is 5.66. The molecule has 0 atom stereocenters. The van der Waals surface area contributed by atoms with Gasteiger partial charge in [0.25, 0.3) is 0 Å². The Kier molecular flexibility index (Phi) is 4.49. The van der Waals surface area contributed by atoms with Crippen LogP contribution in [0.1, 0.15) is 32.6 Å². The van der Waals surface area contributed by atoms with E-state index in [9.17, 15) is 9.59 Å². The molecule has 0 aromatic carbocycles. The largest absolute Gasteiger partial charge is 0.320 e. The van der Waals surface area contributed by atoms with Crippen molar-refractivity contribution in [1.82, 2.24) is 9.80 Å². The average molecular weight is 236 g/mol. The van der Waals surface area contributed by atoms with Crippen molar-refractivity contribution >= 4 is 11.8 Å². The van der Waals surface area contributed by atoms with Gasteiger partial charge in [0.15, 0.2) is 0 Å². The van der Waals surface area contributed by atoms with Crippen molar-refractivity contribution in [3.05, 3.63) is 24.6 Å². The number of likely N-dealkylation sites (tertiary alicyclic amines) is 2. The van der Waals surface area contributed by atoms with Gasteiger partial charge in [-0.15, -0.1) is 0 Å². The van der Waals surface area contributed by atoms with Crippen LogP contribution in [0.15, 0.2) is 24.6 Å². The lowest BCUT2D eigenvalue weighted by Crippen LogP contribution is -2.21. The highest BCUT2D eigenvalue weighted by Crippen LogP contribution is 2.19. The number of carbonyl (C=O) groups is 2. The van der Waals surface area contributed by atoms with Crippen LogP contribution in [0.5, 0.6) is 0 Å². The van der Waals surface area contributed by atoms with E-state index in [-0.39, 0.29) is 11.8 Å². The van der Waals surface area contributed by atoms with Gasteiger partial charge in [0.05, 0.1) is 0 Å². The number of carbonyl (C=O) groups excluding carboxylic acids is 2. The van der Waals surface area contributed by atoms with Gasteiger partial charge in [-0.2, -0.15) is 0 Å². The van der Waals surface area contributed by atoms with E-state index in [4.69, 9.17) is 0 Å². The molecule has 2 amide bonds. The van der Waals surface area contributed by atoms with E-state index in [1.54, 1.807) is 16.8 Å². The summed E-state index contributed by atoms with van der Waals surface area (Å²) >= 11 is 0. The van der Waals surface area contributed by atoms with E-state index in [1.165, 1.54) is 0 Å². The summed E-state index contributed by atoms with van der Waals surface area (Å²) in [7, 11) is 1.76. The lowest BCUT2D eigenvalue weighted by Gasteiger charge is -2.12. The molecule has 0 N–H and O–H groups in total. The third kappa shape index (κ3) is 3.19. The fourth-order valence-corrected chi connectivity index (χ4v) is 1.86. The van der Waals surface area contributed by atoms with Gasteiger partial charge in [0, 0.05) is 37.8 Å². The van der Waals surface area contributed by atoms with E-state index >= 15 is 0 Å². The van der Waals surface area contributed by atoms with E-state index in [2.05, 4.69) is 13.2 Å². The van der Waals surface area contributed by atoms with Crippen LogP contribution in [-0.2, 0) is 9.59 Å². The summed E-state index contributed by atoms with van der Waals surface area (Å²) in [6.07, 6.45) is 3.00. The summed E-state index contributed by atoms with van der Waals surface area (Å²) in [6.45, 7) is 10.2. The van der Waals surface area contributed by atoms with Crippen molar-refractivity contribution in [2.24, 2.45) is 0 Å². The molecule has 0 unspecified atom stereocenters. The van der Waals surface area contributed by atoms with Crippen molar-refractivity contribution in [3.63, 3.8) is 0 Å². The summed E-state index contributed by atoms with van der Waals surface area (Å²) in [5.41, 5.74) is 1.91. The Morgan fingerprint density at radius 2 is 1.53 bits per heavy atom. The second-order valence-corrected chi connectivity index (χ2v) is 4.22. The molecule has 2 saturated heterocycles. The number of amides is 2. The van der Waals surface area contributed by atoms with Crippen LogP contribution in [0.25, 0.3) is 0 Å². The van der Waals surface area contributed by atoms with E-state index in [0.29, 0.717) is 12.8 Å². The van der Waals surface area contributed by atoms with Crippen molar-refractivity contribution in [1.29, 1.82) is 0 Å². The lowest BCUT2D eigenvalue weighted by atomic mass is 10.3. The molecule has 94 valence electrons. The number of nitrogens with zero attached hydrogens (tertiary/aromatic N) is 2. The summed E-state index contributed by atoms with van der Waals surface area (Å²) in [5, 5.41) is 0. The molecule has 4 nitrogen and oxygen atoms in total. The highest BCUT2D eigenvalue weighted by molar-refractivity contribution is 5.81. The van der Waals surface area contributed by atoms with Crippen molar-refractivity contribution in [3.8, 4) is 0 Å². The van der Waals surface area contributed by atoms with Gasteiger partial charge in [-0.25, -0.2) is 0 Å². The molecular formula is C13H20N2O2. The fraction of sp³-hybridized carbons (Fsp3) is 0.538. The Morgan fingerprint density at radius 1 is 1.00 bits per heavy atom. The van der Waals surface area contributed by atoms with Gasteiger partial charge in [0.1, 0.15) is 0 Å². The molecule has 0 aromatic rings. The summed E-state index contributed by atoms with van der Waals surface area (Å²) < 4.78 is 0. The summed E-state index contributed by atoms with van der Waals surface area (Å²) in [4.78, 5) is 24.9. The third-order valence-electron chi connectivity index (χ3n) is 3.10. The first-order valence-electron chi connectivity index (χ1n) is 5.89. The average Bonchev–Trinajstić information content (AvgIpc) is 2.77. The second-order valence-electron chi connectivity index (χ2n) is 4.22. The van der Waals surface area contributed by atoms with E-state index in [1.807, 2.05) is 6.92 Å². The molecule has 2 fully saturated rings. The number of hydrogen-bond donors (Lipinski definition) is 0. The zero-order valence-corrected chi connectivity index (χ0v) is 10.7. The van der Waals surface area contributed by atoms with Crippen LogP contribution < -0.4 is 0 Å². The number of rotatable bonds is 1. The zero-order chi connectivity index (χ0) is 13.0. The molecule has 4 heteroatoms. The maximum absolute atomic E-state index is 10.9. The Hall–Kier alpha value is -1.58. The fourth-order valence-electron chi connectivity index (χ4n) is 1.86. The first kappa shape index (κ1) is 13.5. The minimum Gasteiger partial charge on any atom is -0.320 e. The van der Waals surface area contributed by atoms with Gasteiger partial charge in [-0.1, -0.05) is 13.2 Å². The monoisotopic (exact) mass is 236 g/mol. The van der Waals surface area contributed by atoms with Crippen molar-refractivity contribution in [2.75, 3.05) is 13.6 Å². The molecule has 2 rings (SSSR count). The predicted molar refractivity (Wildman–Crippen MR) is 66.9 cm³/mol. The summed E-state index contributed by atoms with van der Waals surface area (Å²) in [5.74, 6) is 0.414. The molecule has 0 spiro atoms. The SMILES string of the molecule is C=C1CCC(=O)N1C.C=C1CCC(=O)N1CC. The highest BCUT2D eigenvalue weighted by atomic mass is 16.2. The van der Waals surface area contributed by atoms with Crippen LogP contribution in [0.4, 0.5) is 0 Å². The third-order valence-corrected chi connectivity index (χ3v) is 3.10. The van der Waals surface area contributed by atoms with Crippen LogP contribution in [0.2, 0.25) is 0 Å². The maximum Gasteiger partial charge on any atom is 0.227 e. The Morgan fingerprint density at radius 3 is 1.71 bits per heavy atom. The minimum atomic E-state index is 0.190. The molecule has 0 saturated carbocycles. The van der Waals surface area contributed by atoms with E-state index < -0.39 is 0 Å². The van der Waals surface area contributed by atoms with Gasteiger partial charge in [-0.05, 0) is 19.8 Å². The van der Waals surface area contributed by atoms with Gasteiger partial charge in [0.2, 0.25) is 11.8 Å². The summed E-state index contributed by atoms with van der Waals surface area (Å²) in [6, 6.07) is 0. The molecule has 17 heavy (non-hydrogen) atoms. The molecule has 2 heterocycles. The van der Waals surface area contributed by atoms with Crippen molar-refractivity contribution < 1.29 is 9.59 Å². The lowest BCUT2D eigenvalue weighted by molar-refractivity contribution is -0.127. The molecule has 0 radical (unpaired) electrons. The van der Waals surface area contributed by atoms with Gasteiger partial charge in [-0.3, -0.25) is 9.59 Å². The molecule has 2 aliphatic rings. The van der Waals surface area contributed by atoms with Crippen LogP contribution >= 0.6 is 0 Å². The molecule has 0 aliphatic carbocycles. The first-order valence-corrected chi connectivity index (χ1v) is 5.89. The Bertz CT molecular complexity index is 328. The van der Waals surface area contributed by atoms with Crippen molar-refractivity contribution in [2.45, 2.75) is 32.6 Å². The standard InChI is InChI=1S/C7H11NO.C6H9NO/c1-3-8-6(2)4-5-7(8)9;1-5-3-4-6(8)7(5)2/h2-5H2,1H3;1,3-4H2,2H3. The Labute approximate surface area is 103 Å². The van der Waals surface area contributed by atoms with Gasteiger partial charge >= 0.3 is 0 Å². The van der Waals surface area contributed by atoms with Crippen LogP contribution in [0, 0.1) is 0 Å². The smallest absolute Gasteiger partial charge is 0.227 e. The molecule has 2 aliphatic heterocycles. The highest BCUT2D eigenvalue weighted by Gasteiger charge is 2.21. The maximum atomic E-state index is 10.9. The first-order chi connectivity index (χ1) is 7.97. The van der Waals surface area contributed by atoms with Crippen LogP contribution in [-0.4, -0.2) is 35.2 Å². The molecule has 0 aromatic heterocycles.